The summed E-state index contributed by atoms with van der Waals surface area (Å²) in [4.78, 5) is 16.2. The van der Waals surface area contributed by atoms with E-state index in [2.05, 4.69) is 15.5 Å². The fraction of sp³-hybridized carbons (Fsp3) is 0.211. The molecule has 1 heterocycles. The number of amides is 1. The fourth-order valence-corrected chi connectivity index (χ4v) is 2.30. The maximum atomic E-state index is 11.9. The van der Waals surface area contributed by atoms with Crippen molar-refractivity contribution in [3.8, 4) is 17.1 Å². The monoisotopic (exact) mass is 337 g/mol. The second-order valence-corrected chi connectivity index (χ2v) is 5.51. The highest BCUT2D eigenvalue weighted by Crippen LogP contribution is 2.19. The van der Waals surface area contributed by atoms with Gasteiger partial charge >= 0.3 is 0 Å². The molecule has 3 aromatic rings. The molecule has 1 amide bonds. The van der Waals surface area contributed by atoms with Crippen LogP contribution in [0.25, 0.3) is 11.4 Å². The van der Waals surface area contributed by atoms with E-state index < -0.39 is 0 Å². The lowest BCUT2D eigenvalue weighted by molar-refractivity contribution is -0.121. The number of carbonyl (C=O) groups is 1. The molecule has 0 saturated carbocycles. The van der Waals surface area contributed by atoms with Gasteiger partial charge in [0.05, 0.1) is 19.6 Å². The van der Waals surface area contributed by atoms with Gasteiger partial charge in [0, 0.05) is 5.56 Å². The van der Waals surface area contributed by atoms with Crippen LogP contribution in [-0.4, -0.2) is 22.7 Å². The molecule has 0 atom stereocenters. The van der Waals surface area contributed by atoms with Crippen molar-refractivity contribution in [3.63, 3.8) is 0 Å². The van der Waals surface area contributed by atoms with E-state index in [1.807, 2.05) is 61.5 Å². The lowest BCUT2D eigenvalue weighted by Gasteiger charge is -2.05. The zero-order valence-corrected chi connectivity index (χ0v) is 13.9. The van der Waals surface area contributed by atoms with Crippen LogP contribution < -0.4 is 10.1 Å². The molecule has 0 aliphatic carbocycles. The third kappa shape index (κ3) is 4.67. The van der Waals surface area contributed by atoms with Crippen molar-refractivity contribution in [2.45, 2.75) is 19.9 Å². The van der Waals surface area contributed by atoms with E-state index in [1.54, 1.807) is 0 Å². The summed E-state index contributed by atoms with van der Waals surface area (Å²) in [6.07, 6.45) is 0.258. The van der Waals surface area contributed by atoms with Crippen molar-refractivity contribution < 1.29 is 14.1 Å². The lowest BCUT2D eigenvalue weighted by atomic mass is 10.1. The Morgan fingerprint density at radius 1 is 1.12 bits per heavy atom. The molecule has 25 heavy (non-hydrogen) atoms. The maximum Gasteiger partial charge on any atom is 0.246 e. The average molecular weight is 337 g/mol. The predicted molar refractivity (Wildman–Crippen MR) is 92.9 cm³/mol. The number of aromatic nitrogens is 2. The van der Waals surface area contributed by atoms with Crippen LogP contribution in [0.4, 0.5) is 0 Å². The van der Waals surface area contributed by atoms with Gasteiger partial charge < -0.3 is 14.6 Å². The minimum atomic E-state index is -0.133. The lowest BCUT2D eigenvalue weighted by Crippen LogP contribution is -2.24. The number of nitrogens with one attached hydrogen (secondary N) is 1. The third-order valence-corrected chi connectivity index (χ3v) is 3.63. The van der Waals surface area contributed by atoms with Gasteiger partial charge in [-0.3, -0.25) is 4.79 Å². The van der Waals surface area contributed by atoms with Gasteiger partial charge in [-0.1, -0.05) is 47.6 Å². The van der Waals surface area contributed by atoms with Crippen LogP contribution in [0.1, 0.15) is 17.9 Å². The Labute approximate surface area is 145 Å². The molecule has 6 heteroatoms. The largest absolute Gasteiger partial charge is 0.493 e. The van der Waals surface area contributed by atoms with Gasteiger partial charge in [0.2, 0.25) is 17.6 Å². The SMILES string of the molecule is Cc1ccccc1-c1noc(CNC(=O)CCOc2ccccc2)n1. The minimum Gasteiger partial charge on any atom is -0.493 e. The van der Waals surface area contributed by atoms with E-state index in [9.17, 15) is 4.79 Å². The van der Waals surface area contributed by atoms with Crippen molar-refractivity contribution in [2.75, 3.05) is 6.61 Å². The Bertz CT molecular complexity index is 831. The van der Waals surface area contributed by atoms with E-state index in [4.69, 9.17) is 9.26 Å². The van der Waals surface area contributed by atoms with E-state index in [-0.39, 0.29) is 18.9 Å². The van der Waals surface area contributed by atoms with E-state index in [0.717, 1.165) is 16.9 Å². The van der Waals surface area contributed by atoms with Crippen LogP contribution in [-0.2, 0) is 11.3 Å². The Morgan fingerprint density at radius 3 is 2.68 bits per heavy atom. The van der Waals surface area contributed by atoms with Crippen LogP contribution in [0.5, 0.6) is 5.75 Å². The molecule has 0 fully saturated rings. The Morgan fingerprint density at radius 2 is 1.88 bits per heavy atom. The Balaban J connectivity index is 1.46. The quantitative estimate of drug-likeness (QED) is 0.717. The molecule has 2 aromatic carbocycles. The third-order valence-electron chi connectivity index (χ3n) is 3.63. The predicted octanol–water partition coefficient (Wildman–Crippen LogP) is 3.13. The summed E-state index contributed by atoms with van der Waals surface area (Å²) in [5, 5.41) is 6.71. The fourth-order valence-electron chi connectivity index (χ4n) is 2.30. The summed E-state index contributed by atoms with van der Waals surface area (Å²) < 4.78 is 10.7. The zero-order chi connectivity index (χ0) is 17.5. The van der Waals surface area contributed by atoms with Gasteiger partial charge in [-0.05, 0) is 24.6 Å². The molecule has 0 spiro atoms. The molecular formula is C19H19N3O3. The van der Waals surface area contributed by atoms with Crippen molar-refractivity contribution in [1.82, 2.24) is 15.5 Å². The van der Waals surface area contributed by atoms with Crippen LogP contribution >= 0.6 is 0 Å². The van der Waals surface area contributed by atoms with Crippen LogP contribution in [0, 0.1) is 6.92 Å². The van der Waals surface area contributed by atoms with Crippen LogP contribution in [0.3, 0.4) is 0 Å². The van der Waals surface area contributed by atoms with Crippen LogP contribution in [0.2, 0.25) is 0 Å². The molecule has 0 aliphatic heterocycles. The molecule has 6 nitrogen and oxygen atoms in total. The highest BCUT2D eigenvalue weighted by atomic mass is 16.5. The number of para-hydroxylation sites is 1. The number of carbonyl (C=O) groups excluding carboxylic acids is 1. The van der Waals surface area contributed by atoms with Gasteiger partial charge in [0.15, 0.2) is 0 Å². The summed E-state index contributed by atoms with van der Waals surface area (Å²) in [5.74, 6) is 1.51. The van der Waals surface area contributed by atoms with E-state index >= 15 is 0 Å². The number of benzene rings is 2. The Hall–Kier alpha value is -3.15. The molecule has 0 aliphatic rings. The highest BCUT2D eigenvalue weighted by molar-refractivity contribution is 5.75. The first-order chi connectivity index (χ1) is 12.2. The van der Waals surface area contributed by atoms with Gasteiger partial charge in [-0.15, -0.1) is 0 Å². The molecule has 1 N–H and O–H groups in total. The molecule has 0 unspecified atom stereocenters. The number of nitrogens with zero attached hydrogens (tertiary/aromatic N) is 2. The van der Waals surface area contributed by atoms with Gasteiger partial charge in [-0.2, -0.15) is 4.98 Å². The number of hydrogen-bond acceptors (Lipinski definition) is 5. The highest BCUT2D eigenvalue weighted by Gasteiger charge is 2.11. The number of hydrogen-bond donors (Lipinski definition) is 1. The normalized spacial score (nSPS) is 10.4. The first kappa shape index (κ1) is 16.7. The number of aryl methyl sites for hydroxylation is 1. The second-order valence-electron chi connectivity index (χ2n) is 5.51. The topological polar surface area (TPSA) is 77.2 Å². The summed E-state index contributed by atoms with van der Waals surface area (Å²) in [5.41, 5.74) is 1.98. The summed E-state index contributed by atoms with van der Waals surface area (Å²) in [6, 6.07) is 17.2. The van der Waals surface area contributed by atoms with Crippen molar-refractivity contribution in [1.29, 1.82) is 0 Å². The molecule has 1 aromatic heterocycles. The van der Waals surface area contributed by atoms with Gasteiger partial charge in [-0.25, -0.2) is 0 Å². The van der Waals surface area contributed by atoms with E-state index in [1.165, 1.54) is 0 Å². The average Bonchev–Trinajstić information content (AvgIpc) is 3.10. The maximum absolute atomic E-state index is 11.9. The second kappa shape index (κ2) is 8.10. The first-order valence-corrected chi connectivity index (χ1v) is 8.05. The number of ether oxygens (including phenoxy) is 1. The molecule has 0 bridgehead atoms. The van der Waals surface area contributed by atoms with E-state index in [0.29, 0.717) is 18.3 Å². The molecule has 128 valence electrons. The summed E-state index contributed by atoms with van der Waals surface area (Å²) in [7, 11) is 0. The van der Waals surface area contributed by atoms with Crippen molar-refractivity contribution >= 4 is 5.91 Å². The standard InChI is InChI=1S/C19H19N3O3/c1-14-7-5-6-10-16(14)19-21-18(25-22-19)13-20-17(23)11-12-24-15-8-3-2-4-9-15/h2-10H,11-13H2,1H3,(H,20,23). The number of rotatable bonds is 7. The first-order valence-electron chi connectivity index (χ1n) is 8.05. The van der Waals surface area contributed by atoms with Crippen molar-refractivity contribution in [2.24, 2.45) is 0 Å². The summed E-state index contributed by atoms with van der Waals surface area (Å²) >= 11 is 0. The smallest absolute Gasteiger partial charge is 0.246 e. The van der Waals surface area contributed by atoms with Crippen molar-refractivity contribution in [3.05, 3.63) is 66.1 Å². The molecule has 3 rings (SSSR count). The Kier molecular flexibility index (Phi) is 5.41. The minimum absolute atomic E-state index is 0.133. The molecule has 0 saturated heterocycles. The van der Waals surface area contributed by atoms with Crippen LogP contribution in [0.15, 0.2) is 59.1 Å². The van der Waals surface area contributed by atoms with Gasteiger partial charge in [0.25, 0.3) is 0 Å². The summed E-state index contributed by atoms with van der Waals surface area (Å²) in [6.45, 7) is 2.50. The zero-order valence-electron chi connectivity index (χ0n) is 13.9. The van der Waals surface area contributed by atoms with Gasteiger partial charge in [0.1, 0.15) is 5.75 Å². The molecule has 0 radical (unpaired) electrons. The molecular weight excluding hydrogens is 318 g/mol.